The van der Waals surface area contributed by atoms with Crippen molar-refractivity contribution in [3.05, 3.63) is 58.7 Å². The summed E-state index contributed by atoms with van der Waals surface area (Å²) in [5, 5.41) is 0. The summed E-state index contributed by atoms with van der Waals surface area (Å²) in [6.45, 7) is 4.89. The summed E-state index contributed by atoms with van der Waals surface area (Å²) in [4.78, 5) is 0. The van der Waals surface area contributed by atoms with Crippen LogP contribution >= 0.6 is 0 Å². The minimum absolute atomic E-state index is 0.304. The van der Waals surface area contributed by atoms with Gasteiger partial charge < -0.3 is 15.2 Å². The molecular formula is C19H25NO2. The predicted octanol–water partition coefficient (Wildman–Crippen LogP) is 3.61. The van der Waals surface area contributed by atoms with Crippen molar-refractivity contribution in [1.82, 2.24) is 0 Å². The van der Waals surface area contributed by atoms with E-state index in [1.807, 2.05) is 12.1 Å². The number of hydrogen-bond acceptors (Lipinski definition) is 3. The third-order valence-corrected chi connectivity index (χ3v) is 4.09. The highest BCUT2D eigenvalue weighted by Gasteiger charge is 2.15. The summed E-state index contributed by atoms with van der Waals surface area (Å²) in [6, 6.07) is 12.6. The Labute approximate surface area is 133 Å². The van der Waals surface area contributed by atoms with Crippen LogP contribution in [0, 0.1) is 13.8 Å². The fraction of sp³-hybridized carbons (Fsp3) is 0.368. The lowest BCUT2D eigenvalue weighted by Crippen LogP contribution is -2.16. The summed E-state index contributed by atoms with van der Waals surface area (Å²) in [6.07, 6.45) is 0.890. The maximum atomic E-state index is 6.04. The minimum atomic E-state index is 0.304. The first-order chi connectivity index (χ1) is 10.6. The van der Waals surface area contributed by atoms with Crippen LogP contribution in [0.1, 0.15) is 28.2 Å². The van der Waals surface area contributed by atoms with Gasteiger partial charge in [0.1, 0.15) is 0 Å². The topological polar surface area (TPSA) is 44.5 Å². The number of nitrogens with two attached hydrogens (primary N) is 1. The van der Waals surface area contributed by atoms with Gasteiger partial charge in [-0.1, -0.05) is 29.8 Å². The molecule has 0 aliphatic rings. The molecule has 0 spiro atoms. The molecule has 3 nitrogen and oxygen atoms in total. The molecule has 0 saturated heterocycles. The molecule has 2 N–H and O–H groups in total. The van der Waals surface area contributed by atoms with Crippen LogP contribution in [0.2, 0.25) is 0 Å². The Morgan fingerprint density at radius 1 is 0.955 bits per heavy atom. The normalized spacial score (nSPS) is 12.0. The molecule has 0 radical (unpaired) electrons. The minimum Gasteiger partial charge on any atom is -0.493 e. The van der Waals surface area contributed by atoms with Crippen molar-refractivity contribution in [3.63, 3.8) is 0 Å². The average molecular weight is 299 g/mol. The van der Waals surface area contributed by atoms with Gasteiger partial charge in [-0.25, -0.2) is 0 Å². The van der Waals surface area contributed by atoms with E-state index in [1.165, 1.54) is 22.3 Å². The zero-order chi connectivity index (χ0) is 16.1. The van der Waals surface area contributed by atoms with E-state index in [4.69, 9.17) is 15.2 Å². The van der Waals surface area contributed by atoms with Gasteiger partial charge in [0, 0.05) is 5.92 Å². The molecule has 0 saturated carbocycles. The van der Waals surface area contributed by atoms with Gasteiger partial charge in [-0.2, -0.15) is 0 Å². The predicted molar refractivity (Wildman–Crippen MR) is 91.0 cm³/mol. The van der Waals surface area contributed by atoms with Gasteiger partial charge in [-0.3, -0.25) is 0 Å². The molecule has 118 valence electrons. The van der Waals surface area contributed by atoms with E-state index in [1.54, 1.807) is 14.2 Å². The number of hydrogen-bond donors (Lipinski definition) is 1. The summed E-state index contributed by atoms with van der Waals surface area (Å²) < 4.78 is 10.7. The van der Waals surface area contributed by atoms with Gasteiger partial charge in [-0.05, 0) is 55.6 Å². The van der Waals surface area contributed by atoms with E-state index >= 15 is 0 Å². The Hall–Kier alpha value is -2.00. The van der Waals surface area contributed by atoms with E-state index in [-0.39, 0.29) is 0 Å². The smallest absolute Gasteiger partial charge is 0.160 e. The standard InChI is InChI=1S/C19H25NO2/c1-13-5-6-14(2)17(9-13)16(12-20)10-15-7-8-18(21-3)19(11-15)22-4/h5-9,11,16H,10,12,20H2,1-4H3. The van der Waals surface area contributed by atoms with Crippen molar-refractivity contribution >= 4 is 0 Å². The SMILES string of the molecule is COc1ccc(CC(CN)c2cc(C)ccc2C)cc1OC. The van der Waals surface area contributed by atoms with Gasteiger partial charge in [0.15, 0.2) is 11.5 Å². The number of rotatable bonds is 6. The molecule has 1 unspecified atom stereocenters. The van der Waals surface area contributed by atoms with Gasteiger partial charge in [-0.15, -0.1) is 0 Å². The van der Waals surface area contributed by atoms with E-state index < -0.39 is 0 Å². The van der Waals surface area contributed by atoms with E-state index in [0.717, 1.165) is 17.9 Å². The van der Waals surface area contributed by atoms with Crippen LogP contribution in [0.15, 0.2) is 36.4 Å². The highest BCUT2D eigenvalue weighted by Crippen LogP contribution is 2.30. The van der Waals surface area contributed by atoms with E-state index in [9.17, 15) is 0 Å². The molecule has 0 heterocycles. The monoisotopic (exact) mass is 299 g/mol. The summed E-state index contributed by atoms with van der Waals surface area (Å²) in [5.74, 6) is 1.82. The lowest BCUT2D eigenvalue weighted by molar-refractivity contribution is 0.354. The second-order valence-electron chi connectivity index (χ2n) is 5.69. The van der Waals surface area contributed by atoms with Gasteiger partial charge in [0.2, 0.25) is 0 Å². The Morgan fingerprint density at radius 3 is 2.32 bits per heavy atom. The van der Waals surface area contributed by atoms with Crippen molar-refractivity contribution in [1.29, 1.82) is 0 Å². The molecule has 0 amide bonds. The molecule has 22 heavy (non-hydrogen) atoms. The molecule has 3 heteroatoms. The van der Waals surface area contributed by atoms with Crippen molar-refractivity contribution < 1.29 is 9.47 Å². The number of methoxy groups -OCH3 is 2. The Morgan fingerprint density at radius 2 is 1.68 bits per heavy atom. The molecule has 0 bridgehead atoms. The first-order valence-electron chi connectivity index (χ1n) is 7.57. The molecule has 0 aromatic heterocycles. The third-order valence-electron chi connectivity index (χ3n) is 4.09. The summed E-state index contributed by atoms with van der Waals surface area (Å²) in [7, 11) is 3.31. The Kier molecular flexibility index (Phi) is 5.45. The Balaban J connectivity index is 2.28. The Bertz CT molecular complexity index is 637. The fourth-order valence-electron chi connectivity index (χ4n) is 2.81. The average Bonchev–Trinajstić information content (AvgIpc) is 2.54. The number of ether oxygens (including phenoxy) is 2. The van der Waals surface area contributed by atoms with Crippen LogP contribution in [0.25, 0.3) is 0 Å². The molecule has 2 rings (SSSR count). The van der Waals surface area contributed by atoms with Crippen LogP contribution in [-0.2, 0) is 6.42 Å². The first kappa shape index (κ1) is 16.4. The molecule has 2 aromatic rings. The lowest BCUT2D eigenvalue weighted by atomic mass is 9.88. The van der Waals surface area contributed by atoms with Crippen molar-refractivity contribution in [2.24, 2.45) is 5.73 Å². The maximum Gasteiger partial charge on any atom is 0.160 e. The van der Waals surface area contributed by atoms with Crippen LogP contribution in [0.3, 0.4) is 0 Å². The van der Waals surface area contributed by atoms with Gasteiger partial charge in [0.25, 0.3) is 0 Å². The van der Waals surface area contributed by atoms with E-state index in [0.29, 0.717) is 12.5 Å². The van der Waals surface area contributed by atoms with Crippen molar-refractivity contribution in [2.75, 3.05) is 20.8 Å². The largest absolute Gasteiger partial charge is 0.493 e. The first-order valence-corrected chi connectivity index (χ1v) is 7.57. The van der Waals surface area contributed by atoms with Crippen LogP contribution in [0.4, 0.5) is 0 Å². The van der Waals surface area contributed by atoms with Crippen LogP contribution < -0.4 is 15.2 Å². The van der Waals surface area contributed by atoms with Crippen molar-refractivity contribution in [2.45, 2.75) is 26.2 Å². The number of aryl methyl sites for hydroxylation is 2. The van der Waals surface area contributed by atoms with Crippen molar-refractivity contribution in [3.8, 4) is 11.5 Å². The van der Waals surface area contributed by atoms with Gasteiger partial charge >= 0.3 is 0 Å². The molecule has 2 aromatic carbocycles. The molecule has 0 aliphatic heterocycles. The fourth-order valence-corrected chi connectivity index (χ4v) is 2.81. The second kappa shape index (κ2) is 7.32. The van der Waals surface area contributed by atoms with E-state index in [2.05, 4.69) is 38.1 Å². The highest BCUT2D eigenvalue weighted by molar-refractivity contribution is 5.44. The lowest BCUT2D eigenvalue weighted by Gasteiger charge is -2.19. The summed E-state index contributed by atoms with van der Waals surface area (Å²) in [5.41, 5.74) is 11.1. The second-order valence-corrected chi connectivity index (χ2v) is 5.69. The molecule has 0 fully saturated rings. The summed E-state index contributed by atoms with van der Waals surface area (Å²) >= 11 is 0. The highest BCUT2D eigenvalue weighted by atomic mass is 16.5. The molecular weight excluding hydrogens is 274 g/mol. The van der Waals surface area contributed by atoms with Crippen LogP contribution in [0.5, 0.6) is 11.5 Å². The molecule has 0 aliphatic carbocycles. The zero-order valence-electron chi connectivity index (χ0n) is 13.8. The number of benzene rings is 2. The maximum absolute atomic E-state index is 6.04. The zero-order valence-corrected chi connectivity index (χ0v) is 13.8. The van der Waals surface area contributed by atoms with Gasteiger partial charge in [0.05, 0.1) is 14.2 Å². The third kappa shape index (κ3) is 3.60. The quantitative estimate of drug-likeness (QED) is 0.886. The molecule has 1 atom stereocenters. The van der Waals surface area contributed by atoms with Crippen LogP contribution in [-0.4, -0.2) is 20.8 Å².